The molecule has 0 aliphatic carbocycles. The third kappa shape index (κ3) is 1.73. The maximum absolute atomic E-state index is 9.03. The lowest BCUT2D eigenvalue weighted by atomic mass is 10.0. The highest BCUT2D eigenvalue weighted by Crippen LogP contribution is 2.31. The first-order chi connectivity index (χ1) is 7.13. The molecule has 2 unspecified atom stereocenters. The van der Waals surface area contributed by atoms with Gasteiger partial charge in [0.1, 0.15) is 0 Å². The van der Waals surface area contributed by atoms with Crippen LogP contribution in [0.2, 0.25) is 0 Å². The number of hydrogen-bond donors (Lipinski definition) is 3. The zero-order valence-corrected chi connectivity index (χ0v) is 9.25. The van der Waals surface area contributed by atoms with Gasteiger partial charge in [0.2, 0.25) is 0 Å². The highest BCUT2D eigenvalue weighted by molar-refractivity contribution is 5.64. The molecule has 82 valence electrons. The Morgan fingerprint density at radius 2 is 2.27 bits per heavy atom. The molecule has 3 nitrogen and oxygen atoms in total. The van der Waals surface area contributed by atoms with Crippen LogP contribution >= 0.6 is 0 Å². The minimum absolute atomic E-state index is 0.0314. The lowest BCUT2D eigenvalue weighted by Crippen LogP contribution is -2.41. The molecule has 3 heteroatoms. The van der Waals surface area contributed by atoms with Gasteiger partial charge < -0.3 is 16.2 Å². The lowest BCUT2D eigenvalue weighted by molar-refractivity contribution is 0.254. The number of nitrogens with two attached hydrogens (primary N) is 1. The molecule has 15 heavy (non-hydrogen) atoms. The average Bonchev–Trinajstić information content (AvgIpc) is 2.67. The van der Waals surface area contributed by atoms with E-state index >= 15 is 0 Å². The molecule has 1 aromatic rings. The van der Waals surface area contributed by atoms with Gasteiger partial charge in [-0.05, 0) is 37.0 Å². The summed E-state index contributed by atoms with van der Waals surface area (Å²) in [6, 6.07) is 4.28. The normalized spacial score (nSPS) is 20.9. The Labute approximate surface area is 90.3 Å². The fraction of sp³-hybridized carbons (Fsp3) is 0.500. The summed E-state index contributed by atoms with van der Waals surface area (Å²) in [5.74, 6) is 0. The van der Waals surface area contributed by atoms with E-state index < -0.39 is 0 Å². The van der Waals surface area contributed by atoms with Crippen molar-refractivity contribution in [2.24, 2.45) is 5.73 Å². The molecule has 0 radical (unpaired) electrons. The molecule has 0 saturated carbocycles. The Morgan fingerprint density at radius 3 is 2.93 bits per heavy atom. The van der Waals surface area contributed by atoms with Gasteiger partial charge in [0.25, 0.3) is 0 Å². The van der Waals surface area contributed by atoms with Gasteiger partial charge in [-0.25, -0.2) is 0 Å². The van der Waals surface area contributed by atoms with Gasteiger partial charge >= 0.3 is 0 Å². The average molecular weight is 206 g/mol. The number of nitrogens with one attached hydrogen (secondary N) is 1. The van der Waals surface area contributed by atoms with Crippen LogP contribution < -0.4 is 11.1 Å². The first kappa shape index (κ1) is 10.5. The summed E-state index contributed by atoms with van der Waals surface area (Å²) in [5.41, 5.74) is 10.9. The van der Waals surface area contributed by atoms with E-state index in [0.717, 1.165) is 6.42 Å². The summed E-state index contributed by atoms with van der Waals surface area (Å²) >= 11 is 0. The van der Waals surface area contributed by atoms with E-state index in [1.54, 1.807) is 0 Å². The molecular weight excluding hydrogens is 188 g/mol. The zero-order valence-electron chi connectivity index (χ0n) is 9.25. The van der Waals surface area contributed by atoms with Gasteiger partial charge in [0.05, 0.1) is 6.61 Å². The van der Waals surface area contributed by atoms with Crippen molar-refractivity contribution in [3.05, 3.63) is 28.8 Å². The number of fused-ring (bicyclic) bond motifs is 1. The standard InChI is InChI=1S/C12H18N2O/c1-7-3-4-9-5-11(10(13)6-15)14-12(9)8(7)2/h3-4,10-11,14-15H,5-6,13H2,1-2H3. The fourth-order valence-electron chi connectivity index (χ4n) is 2.10. The van der Waals surface area contributed by atoms with Gasteiger partial charge in [-0.15, -0.1) is 0 Å². The second-order valence-corrected chi connectivity index (χ2v) is 4.34. The lowest BCUT2D eigenvalue weighted by Gasteiger charge is -2.17. The van der Waals surface area contributed by atoms with Crippen LogP contribution in [0.15, 0.2) is 12.1 Å². The van der Waals surface area contributed by atoms with Crippen molar-refractivity contribution in [3.63, 3.8) is 0 Å². The summed E-state index contributed by atoms with van der Waals surface area (Å²) < 4.78 is 0. The van der Waals surface area contributed by atoms with Crippen molar-refractivity contribution in [1.29, 1.82) is 0 Å². The highest BCUT2D eigenvalue weighted by Gasteiger charge is 2.26. The minimum atomic E-state index is -0.183. The van der Waals surface area contributed by atoms with E-state index in [9.17, 15) is 0 Å². The third-order valence-electron chi connectivity index (χ3n) is 3.32. The van der Waals surface area contributed by atoms with E-state index in [2.05, 4.69) is 31.3 Å². The van der Waals surface area contributed by atoms with Crippen molar-refractivity contribution < 1.29 is 5.11 Å². The monoisotopic (exact) mass is 206 g/mol. The van der Waals surface area contributed by atoms with E-state index in [-0.39, 0.29) is 18.7 Å². The molecule has 0 spiro atoms. The quantitative estimate of drug-likeness (QED) is 0.675. The van der Waals surface area contributed by atoms with E-state index in [1.165, 1.54) is 22.4 Å². The largest absolute Gasteiger partial charge is 0.395 e. The molecule has 1 aromatic carbocycles. The van der Waals surface area contributed by atoms with Crippen molar-refractivity contribution in [3.8, 4) is 0 Å². The molecule has 0 bridgehead atoms. The van der Waals surface area contributed by atoms with Crippen LogP contribution in [0.1, 0.15) is 16.7 Å². The second-order valence-electron chi connectivity index (χ2n) is 4.34. The minimum Gasteiger partial charge on any atom is -0.395 e. The van der Waals surface area contributed by atoms with E-state index in [4.69, 9.17) is 10.8 Å². The Kier molecular flexibility index (Phi) is 2.67. The number of hydrogen-bond acceptors (Lipinski definition) is 3. The summed E-state index contributed by atoms with van der Waals surface area (Å²) in [6.45, 7) is 4.26. The fourth-order valence-corrected chi connectivity index (χ4v) is 2.10. The Balaban J connectivity index is 2.27. The second kappa shape index (κ2) is 3.83. The van der Waals surface area contributed by atoms with Crippen molar-refractivity contribution >= 4 is 5.69 Å². The molecule has 0 aromatic heterocycles. The van der Waals surface area contributed by atoms with Gasteiger partial charge in [-0.3, -0.25) is 0 Å². The summed E-state index contributed by atoms with van der Waals surface area (Å²) in [7, 11) is 0. The summed E-state index contributed by atoms with van der Waals surface area (Å²) in [6.07, 6.45) is 0.915. The molecule has 2 rings (SSSR count). The first-order valence-corrected chi connectivity index (χ1v) is 5.35. The topological polar surface area (TPSA) is 58.3 Å². The van der Waals surface area contributed by atoms with Gasteiger partial charge in [-0.2, -0.15) is 0 Å². The van der Waals surface area contributed by atoms with Crippen LogP contribution in [0.25, 0.3) is 0 Å². The number of aliphatic hydroxyl groups is 1. The van der Waals surface area contributed by atoms with E-state index in [1.807, 2.05) is 0 Å². The number of anilines is 1. The number of benzene rings is 1. The van der Waals surface area contributed by atoms with Crippen LogP contribution in [-0.4, -0.2) is 23.8 Å². The first-order valence-electron chi connectivity index (χ1n) is 5.35. The number of rotatable bonds is 2. The number of aryl methyl sites for hydroxylation is 1. The zero-order chi connectivity index (χ0) is 11.0. The molecule has 4 N–H and O–H groups in total. The van der Waals surface area contributed by atoms with Crippen molar-refractivity contribution in [2.75, 3.05) is 11.9 Å². The van der Waals surface area contributed by atoms with Gasteiger partial charge in [0.15, 0.2) is 0 Å². The van der Waals surface area contributed by atoms with Crippen molar-refractivity contribution in [1.82, 2.24) is 0 Å². The molecule has 0 saturated heterocycles. The third-order valence-corrected chi connectivity index (χ3v) is 3.32. The Bertz CT molecular complexity index is 376. The molecule has 1 aliphatic rings. The van der Waals surface area contributed by atoms with Crippen LogP contribution in [0, 0.1) is 13.8 Å². The molecule has 1 heterocycles. The SMILES string of the molecule is Cc1ccc2c(c1C)NC(C(N)CO)C2. The molecule has 0 fully saturated rings. The Hall–Kier alpha value is -1.06. The summed E-state index contributed by atoms with van der Waals surface area (Å²) in [4.78, 5) is 0. The smallest absolute Gasteiger partial charge is 0.0602 e. The van der Waals surface area contributed by atoms with Crippen molar-refractivity contribution in [2.45, 2.75) is 32.4 Å². The molecule has 1 aliphatic heterocycles. The maximum atomic E-state index is 9.03. The maximum Gasteiger partial charge on any atom is 0.0602 e. The Morgan fingerprint density at radius 1 is 1.53 bits per heavy atom. The van der Waals surface area contributed by atoms with Crippen LogP contribution in [0.4, 0.5) is 5.69 Å². The highest BCUT2D eigenvalue weighted by atomic mass is 16.3. The van der Waals surface area contributed by atoms with Crippen LogP contribution in [-0.2, 0) is 6.42 Å². The van der Waals surface area contributed by atoms with E-state index in [0.29, 0.717) is 0 Å². The van der Waals surface area contributed by atoms with Crippen LogP contribution in [0.5, 0.6) is 0 Å². The van der Waals surface area contributed by atoms with Gasteiger partial charge in [0, 0.05) is 17.8 Å². The molecular formula is C12H18N2O. The molecule has 2 atom stereocenters. The predicted molar refractivity (Wildman–Crippen MR) is 62.1 cm³/mol. The number of aliphatic hydroxyl groups excluding tert-OH is 1. The molecule has 0 amide bonds. The van der Waals surface area contributed by atoms with Gasteiger partial charge in [-0.1, -0.05) is 12.1 Å². The summed E-state index contributed by atoms with van der Waals surface area (Å²) in [5, 5.41) is 12.4. The van der Waals surface area contributed by atoms with Crippen LogP contribution in [0.3, 0.4) is 0 Å². The predicted octanol–water partition coefficient (Wildman–Crippen LogP) is 0.960.